The molecular weight excluding hydrogens is 731 g/mol. The highest BCUT2D eigenvalue weighted by molar-refractivity contribution is 6.74. The summed E-state index contributed by atoms with van der Waals surface area (Å²) < 4.78 is 27.6. The van der Waals surface area contributed by atoms with Crippen LogP contribution in [0.5, 0.6) is 0 Å². The number of aliphatic hydroxyl groups excluding tert-OH is 1. The molecule has 0 saturated carbocycles. The van der Waals surface area contributed by atoms with Crippen molar-refractivity contribution in [3.63, 3.8) is 0 Å². The Morgan fingerprint density at radius 2 is 1.51 bits per heavy atom. The van der Waals surface area contributed by atoms with Gasteiger partial charge in [0.2, 0.25) is 0 Å². The Labute approximate surface area is 343 Å². The van der Waals surface area contributed by atoms with Crippen LogP contribution in [-0.4, -0.2) is 86.0 Å². The average Bonchev–Trinajstić information content (AvgIpc) is 3.76. The number of hydrogen-bond donors (Lipinski definition) is 1. The van der Waals surface area contributed by atoms with Gasteiger partial charge in [0.05, 0.1) is 60.4 Å². The normalized spacial score (nSPS) is 30.0. The topological polar surface area (TPSA) is 94.5 Å². The van der Waals surface area contributed by atoms with Gasteiger partial charge in [-0.15, -0.1) is 0 Å². The second-order valence-electron chi connectivity index (χ2n) is 19.0. The van der Waals surface area contributed by atoms with E-state index in [1.807, 2.05) is 12.1 Å². The number of benzene rings is 2. The van der Waals surface area contributed by atoms with Crippen LogP contribution in [0.2, 0.25) is 18.1 Å². The van der Waals surface area contributed by atoms with Crippen LogP contribution in [0.3, 0.4) is 0 Å². The van der Waals surface area contributed by atoms with Crippen molar-refractivity contribution in [3.8, 4) is 0 Å². The van der Waals surface area contributed by atoms with E-state index < -0.39 is 8.32 Å². The lowest BCUT2D eigenvalue weighted by atomic mass is 9.79. The zero-order valence-corrected chi connectivity index (χ0v) is 36.7. The molecule has 10 atom stereocenters. The number of hydrogen-bond acceptors (Lipinski definition) is 7. The lowest BCUT2D eigenvalue weighted by Gasteiger charge is -2.40. The van der Waals surface area contributed by atoms with Gasteiger partial charge in [-0.25, -0.2) is 0 Å². The first-order chi connectivity index (χ1) is 27.1. The van der Waals surface area contributed by atoms with Crippen molar-refractivity contribution < 1.29 is 33.3 Å². The highest BCUT2D eigenvalue weighted by Crippen LogP contribution is 2.45. The molecule has 2 amide bonds. The number of ether oxygens (including phenoxy) is 3. The summed E-state index contributed by atoms with van der Waals surface area (Å²) in [5, 5.41) is 9.24. The molecule has 0 radical (unpaired) electrons. The first kappa shape index (κ1) is 43.7. The quantitative estimate of drug-likeness (QED) is 0.0968. The van der Waals surface area contributed by atoms with E-state index in [0.29, 0.717) is 23.5 Å². The Hall–Kier alpha value is -2.92. The Bertz CT molecular complexity index is 1690. The number of carbonyl (C=O) groups excluding carboxylic acids is 2. The zero-order valence-electron chi connectivity index (χ0n) is 35.7. The van der Waals surface area contributed by atoms with E-state index in [-0.39, 0.29) is 84.6 Å². The fraction of sp³-hybridized carbons (Fsp3) is 0.625. The molecular formula is C48H69NO7Si. The maximum absolute atomic E-state index is 13.6. The Morgan fingerprint density at radius 3 is 2.16 bits per heavy atom. The van der Waals surface area contributed by atoms with Crippen molar-refractivity contribution in [2.45, 2.75) is 160 Å². The third-order valence-corrected chi connectivity index (χ3v) is 18.5. The van der Waals surface area contributed by atoms with Crippen LogP contribution < -0.4 is 0 Å². The van der Waals surface area contributed by atoms with E-state index in [0.717, 1.165) is 68.9 Å². The SMILES string of the molecule is C=C1C[C@H](CCCO)OC1CC[C@H]1C[C@@H](C)C(=C)C(C[C@@H]2O[C@H](C[C@@H](CN3C(=O)c4ccccc4C3=O)O[Si](C)(C)C(C)(C)C)[C@H](C)C2CCc2ccccc2)O1. The zero-order chi connectivity index (χ0) is 41.1. The molecule has 3 fully saturated rings. The van der Waals surface area contributed by atoms with Gasteiger partial charge < -0.3 is 23.7 Å². The molecule has 57 heavy (non-hydrogen) atoms. The van der Waals surface area contributed by atoms with Crippen molar-refractivity contribution in [1.82, 2.24) is 4.90 Å². The molecule has 0 spiro atoms. The monoisotopic (exact) mass is 799 g/mol. The Balaban J connectivity index is 1.18. The third kappa shape index (κ3) is 10.3. The predicted molar refractivity (Wildman–Crippen MR) is 229 cm³/mol. The molecule has 2 aromatic carbocycles. The highest BCUT2D eigenvalue weighted by atomic mass is 28.4. The van der Waals surface area contributed by atoms with Gasteiger partial charge in [0.25, 0.3) is 11.8 Å². The van der Waals surface area contributed by atoms with Crippen LogP contribution in [0.15, 0.2) is 78.9 Å². The van der Waals surface area contributed by atoms with Crippen molar-refractivity contribution >= 4 is 20.1 Å². The molecule has 3 saturated heterocycles. The number of aryl methyl sites for hydroxylation is 1. The molecule has 0 aliphatic carbocycles. The van der Waals surface area contributed by atoms with Crippen LogP contribution >= 0.6 is 0 Å². The summed E-state index contributed by atoms with van der Waals surface area (Å²) in [6.07, 6.45) is 8.13. The fourth-order valence-corrected chi connectivity index (χ4v) is 10.7. The first-order valence-corrected chi connectivity index (χ1v) is 24.6. The Morgan fingerprint density at radius 1 is 0.860 bits per heavy atom. The number of carbonyl (C=O) groups is 2. The van der Waals surface area contributed by atoms with Crippen molar-refractivity contribution in [1.29, 1.82) is 0 Å². The molecule has 4 aliphatic heterocycles. The molecule has 9 heteroatoms. The maximum Gasteiger partial charge on any atom is 0.261 e. The van der Waals surface area contributed by atoms with Gasteiger partial charge in [0, 0.05) is 19.4 Å². The van der Waals surface area contributed by atoms with E-state index in [1.54, 1.807) is 12.1 Å². The van der Waals surface area contributed by atoms with Crippen molar-refractivity contribution in [2.24, 2.45) is 17.8 Å². The summed E-state index contributed by atoms with van der Waals surface area (Å²) in [5.74, 6) is 0.334. The molecule has 0 bridgehead atoms. The molecule has 0 aromatic heterocycles. The Kier molecular flexibility index (Phi) is 14.2. The lowest BCUT2D eigenvalue weighted by molar-refractivity contribution is -0.0762. The van der Waals surface area contributed by atoms with E-state index in [1.165, 1.54) is 10.5 Å². The van der Waals surface area contributed by atoms with Gasteiger partial charge in [-0.1, -0.05) is 90.2 Å². The first-order valence-electron chi connectivity index (χ1n) is 21.7. The van der Waals surface area contributed by atoms with E-state index in [9.17, 15) is 14.7 Å². The summed E-state index contributed by atoms with van der Waals surface area (Å²) in [5.41, 5.74) is 4.54. The number of amides is 2. The molecule has 312 valence electrons. The summed E-state index contributed by atoms with van der Waals surface area (Å²) in [6, 6.07) is 17.8. The summed E-state index contributed by atoms with van der Waals surface area (Å²) in [4.78, 5) is 28.6. The minimum absolute atomic E-state index is 0.0418. The summed E-state index contributed by atoms with van der Waals surface area (Å²) in [6.45, 7) is 25.0. The fourth-order valence-electron chi connectivity index (χ4n) is 9.35. The molecule has 4 aliphatic rings. The number of fused-ring (bicyclic) bond motifs is 1. The third-order valence-electron chi connectivity index (χ3n) is 13.9. The number of nitrogens with zero attached hydrogens (tertiary/aromatic N) is 1. The van der Waals surface area contributed by atoms with Gasteiger partial charge in [-0.3, -0.25) is 14.5 Å². The molecule has 3 unspecified atom stereocenters. The average molecular weight is 800 g/mol. The predicted octanol–water partition coefficient (Wildman–Crippen LogP) is 9.72. The van der Waals surface area contributed by atoms with Crippen LogP contribution in [0.25, 0.3) is 0 Å². The van der Waals surface area contributed by atoms with Gasteiger partial charge in [0.15, 0.2) is 8.32 Å². The van der Waals surface area contributed by atoms with E-state index in [4.69, 9.17) is 18.6 Å². The molecule has 6 rings (SSSR count). The molecule has 8 nitrogen and oxygen atoms in total. The molecule has 1 N–H and O–H groups in total. The summed E-state index contributed by atoms with van der Waals surface area (Å²) >= 11 is 0. The second kappa shape index (κ2) is 18.6. The minimum atomic E-state index is -2.30. The smallest absolute Gasteiger partial charge is 0.261 e. The molecule has 2 aromatic rings. The largest absolute Gasteiger partial charge is 0.412 e. The minimum Gasteiger partial charge on any atom is -0.412 e. The van der Waals surface area contributed by atoms with Gasteiger partial charge in [0.1, 0.15) is 0 Å². The van der Waals surface area contributed by atoms with Crippen molar-refractivity contribution in [3.05, 3.63) is 95.6 Å². The van der Waals surface area contributed by atoms with Gasteiger partial charge >= 0.3 is 0 Å². The van der Waals surface area contributed by atoms with Crippen LogP contribution in [-0.2, 0) is 25.1 Å². The van der Waals surface area contributed by atoms with Crippen LogP contribution in [0, 0.1) is 17.8 Å². The van der Waals surface area contributed by atoms with E-state index in [2.05, 4.69) is 91.2 Å². The standard InChI is InChI=1S/C48H69NO7Si/c1-31-26-37(22-24-42-32(2)27-36(53-42)18-15-25-50)54-44(33(31)3)29-45-39(23-21-35-16-11-10-12-17-35)34(4)43(55-45)28-38(56-57(8,9)48(5,6)7)30-49-46(51)40-19-13-14-20-41(40)47(49)52/h10-14,16-17,19-20,31,34,36-39,42-45,50H,2-3,15,18,21-30H2,1,4-9H3/t31-,34-,36+,37+,38+,39?,42?,43-,44?,45+/m1/s1. The summed E-state index contributed by atoms with van der Waals surface area (Å²) in [7, 11) is -2.30. The second-order valence-corrected chi connectivity index (χ2v) is 23.8. The lowest BCUT2D eigenvalue weighted by Crippen LogP contribution is -2.49. The number of rotatable bonds is 17. The van der Waals surface area contributed by atoms with Crippen LogP contribution in [0.1, 0.15) is 119 Å². The molecule has 4 heterocycles. The van der Waals surface area contributed by atoms with Crippen molar-refractivity contribution in [2.75, 3.05) is 13.2 Å². The number of imide groups is 1. The van der Waals surface area contributed by atoms with Gasteiger partial charge in [-0.05, 0) is 116 Å². The number of aliphatic hydroxyl groups is 1. The van der Waals surface area contributed by atoms with E-state index >= 15 is 0 Å². The maximum atomic E-state index is 13.6. The van der Waals surface area contributed by atoms with Gasteiger partial charge in [-0.2, -0.15) is 0 Å². The van der Waals surface area contributed by atoms with Crippen LogP contribution in [0.4, 0.5) is 0 Å². The highest BCUT2D eigenvalue weighted by Gasteiger charge is 2.48.